The lowest BCUT2D eigenvalue weighted by Crippen LogP contribution is -2.45. The number of hydrogen-bond donors (Lipinski definition) is 1. The molecule has 0 aromatic heterocycles. The third kappa shape index (κ3) is 3.96. The maximum atomic E-state index is 13.6. The van der Waals surface area contributed by atoms with Crippen molar-refractivity contribution in [1.82, 2.24) is 10.2 Å². The number of halogens is 5. The van der Waals surface area contributed by atoms with Gasteiger partial charge in [0.15, 0.2) is 0 Å². The Labute approximate surface area is 127 Å². The second-order valence-electron chi connectivity index (χ2n) is 4.67. The minimum absolute atomic E-state index is 0. The summed E-state index contributed by atoms with van der Waals surface area (Å²) in [6.45, 7) is 6.21. The van der Waals surface area contributed by atoms with Crippen molar-refractivity contribution in [3.63, 3.8) is 0 Å². The van der Waals surface area contributed by atoms with Crippen LogP contribution < -0.4 is 5.32 Å². The van der Waals surface area contributed by atoms with Crippen molar-refractivity contribution in [2.45, 2.75) is 12.2 Å². The Hall–Kier alpha value is -1.11. The van der Waals surface area contributed by atoms with Crippen LogP contribution in [0.15, 0.2) is 30.9 Å². The molecule has 1 N–H and O–H groups in total. The average Bonchev–Trinajstić information content (AvgIpc) is 2.39. The van der Waals surface area contributed by atoms with Gasteiger partial charge in [-0.1, -0.05) is 18.2 Å². The molecule has 1 fully saturated rings. The molecular weight excluding hydrogens is 308 g/mol. The Bertz CT molecular complexity index is 484. The molecule has 21 heavy (non-hydrogen) atoms. The molecule has 0 amide bonds. The Morgan fingerprint density at radius 2 is 1.86 bits per heavy atom. The lowest BCUT2D eigenvalue weighted by molar-refractivity contribution is -0.141. The normalized spacial score (nSPS) is 17.9. The van der Waals surface area contributed by atoms with Crippen molar-refractivity contribution < 1.29 is 17.6 Å². The smallest absolute Gasteiger partial charge is 0.314 e. The fourth-order valence-electron chi connectivity index (χ4n) is 2.52. The van der Waals surface area contributed by atoms with E-state index in [-0.39, 0.29) is 18.0 Å². The van der Waals surface area contributed by atoms with E-state index in [9.17, 15) is 17.6 Å². The van der Waals surface area contributed by atoms with Gasteiger partial charge in [-0.3, -0.25) is 4.90 Å². The summed E-state index contributed by atoms with van der Waals surface area (Å²) in [5, 5.41) is 3.13. The molecule has 1 aliphatic rings. The summed E-state index contributed by atoms with van der Waals surface area (Å²) in [6, 6.07) is 2.83. The summed E-state index contributed by atoms with van der Waals surface area (Å²) in [5.41, 5.74) is -1.27. The first-order chi connectivity index (χ1) is 9.45. The van der Waals surface area contributed by atoms with Crippen LogP contribution in [0.1, 0.15) is 17.2 Å². The maximum absolute atomic E-state index is 13.6. The molecule has 0 aliphatic carbocycles. The highest BCUT2D eigenvalue weighted by molar-refractivity contribution is 5.85. The highest BCUT2D eigenvalue weighted by Gasteiger charge is 2.39. The number of nitrogens with one attached hydrogen (secondary N) is 1. The summed E-state index contributed by atoms with van der Waals surface area (Å²) >= 11 is 0. The number of benzene rings is 1. The van der Waals surface area contributed by atoms with Crippen molar-refractivity contribution in [2.75, 3.05) is 26.2 Å². The topological polar surface area (TPSA) is 15.3 Å². The first-order valence-corrected chi connectivity index (χ1v) is 6.38. The van der Waals surface area contributed by atoms with Crippen LogP contribution in [-0.4, -0.2) is 31.1 Å². The molecule has 2 rings (SSSR count). The van der Waals surface area contributed by atoms with Gasteiger partial charge in [0.2, 0.25) is 0 Å². The van der Waals surface area contributed by atoms with E-state index in [0.717, 1.165) is 6.07 Å². The van der Waals surface area contributed by atoms with Crippen LogP contribution in [0.3, 0.4) is 0 Å². The minimum atomic E-state index is -4.71. The molecule has 1 aliphatic heterocycles. The first kappa shape index (κ1) is 17.9. The van der Waals surface area contributed by atoms with Gasteiger partial charge in [-0.15, -0.1) is 19.0 Å². The number of piperazine rings is 1. The second-order valence-corrected chi connectivity index (χ2v) is 4.67. The van der Waals surface area contributed by atoms with Crippen molar-refractivity contribution in [3.8, 4) is 0 Å². The van der Waals surface area contributed by atoms with Gasteiger partial charge in [-0.2, -0.15) is 13.2 Å². The van der Waals surface area contributed by atoms with Crippen molar-refractivity contribution in [3.05, 3.63) is 47.8 Å². The zero-order valence-corrected chi connectivity index (χ0v) is 12.1. The molecule has 7 heteroatoms. The van der Waals surface area contributed by atoms with Gasteiger partial charge in [-0.25, -0.2) is 4.39 Å². The Morgan fingerprint density at radius 1 is 1.24 bits per heavy atom. The van der Waals surface area contributed by atoms with Crippen molar-refractivity contribution in [2.24, 2.45) is 0 Å². The highest BCUT2D eigenvalue weighted by Crippen LogP contribution is 2.38. The quantitative estimate of drug-likeness (QED) is 0.677. The van der Waals surface area contributed by atoms with Crippen molar-refractivity contribution >= 4 is 12.4 Å². The van der Waals surface area contributed by atoms with Gasteiger partial charge in [0.1, 0.15) is 5.82 Å². The van der Waals surface area contributed by atoms with Crippen LogP contribution in [0.2, 0.25) is 0 Å². The van der Waals surface area contributed by atoms with Crippen LogP contribution in [-0.2, 0) is 6.18 Å². The molecule has 1 heterocycles. The Kier molecular flexibility index (Phi) is 6.19. The molecule has 1 saturated heterocycles. The zero-order valence-electron chi connectivity index (χ0n) is 11.3. The minimum Gasteiger partial charge on any atom is -0.314 e. The first-order valence-electron chi connectivity index (χ1n) is 6.38. The predicted molar refractivity (Wildman–Crippen MR) is 76.0 cm³/mol. The molecule has 0 bridgehead atoms. The molecule has 118 valence electrons. The molecule has 1 aromatic carbocycles. The monoisotopic (exact) mass is 324 g/mol. The summed E-state index contributed by atoms with van der Waals surface area (Å²) < 4.78 is 52.8. The molecular formula is C14H17ClF4N2. The summed E-state index contributed by atoms with van der Waals surface area (Å²) in [6.07, 6.45) is -3.27. The van der Waals surface area contributed by atoms with Crippen LogP contribution in [0.5, 0.6) is 0 Å². The summed E-state index contributed by atoms with van der Waals surface area (Å²) in [5.74, 6) is -1.24. The fourth-order valence-corrected chi connectivity index (χ4v) is 2.52. The third-order valence-corrected chi connectivity index (χ3v) is 3.42. The van der Waals surface area contributed by atoms with Crippen molar-refractivity contribution in [1.29, 1.82) is 0 Å². The highest BCUT2D eigenvalue weighted by atomic mass is 35.5. The fraction of sp³-hybridized carbons (Fsp3) is 0.429. The van der Waals surface area contributed by atoms with E-state index in [2.05, 4.69) is 11.9 Å². The SMILES string of the molecule is C=C[C@@H](c1cccc(F)c1C(F)(F)F)N1CCNCC1.Cl. The maximum Gasteiger partial charge on any atom is 0.419 e. The lowest BCUT2D eigenvalue weighted by atomic mass is 9.97. The zero-order chi connectivity index (χ0) is 14.8. The molecule has 0 spiro atoms. The molecule has 1 aromatic rings. The molecule has 0 radical (unpaired) electrons. The Morgan fingerprint density at radius 3 is 2.38 bits per heavy atom. The third-order valence-electron chi connectivity index (χ3n) is 3.42. The van der Waals surface area contributed by atoms with Gasteiger partial charge >= 0.3 is 6.18 Å². The summed E-state index contributed by atoms with van der Waals surface area (Å²) in [7, 11) is 0. The molecule has 1 atom stereocenters. The summed E-state index contributed by atoms with van der Waals surface area (Å²) in [4.78, 5) is 1.87. The standard InChI is InChI=1S/C14H16F4N2.ClH/c1-2-12(20-8-6-19-7-9-20)10-4-3-5-11(15)13(10)14(16,17)18;/h2-5,12,19H,1,6-9H2;1H/t12-;/m0./s1. The van der Waals surface area contributed by atoms with Gasteiger partial charge < -0.3 is 5.32 Å². The van der Waals surface area contributed by atoms with Crippen LogP contribution >= 0.6 is 12.4 Å². The lowest BCUT2D eigenvalue weighted by Gasteiger charge is -2.34. The van der Waals surface area contributed by atoms with E-state index in [1.807, 2.05) is 4.90 Å². The van der Waals surface area contributed by atoms with Crippen LogP contribution in [0.25, 0.3) is 0 Å². The Balaban J connectivity index is 0.00000220. The van der Waals surface area contributed by atoms with Gasteiger partial charge in [0.25, 0.3) is 0 Å². The van der Waals surface area contributed by atoms with E-state index in [1.54, 1.807) is 0 Å². The van der Waals surface area contributed by atoms with E-state index >= 15 is 0 Å². The number of alkyl halides is 3. The van der Waals surface area contributed by atoms with E-state index in [4.69, 9.17) is 0 Å². The van der Waals surface area contributed by atoms with Gasteiger partial charge in [0, 0.05) is 26.2 Å². The number of rotatable bonds is 3. The van der Waals surface area contributed by atoms with E-state index in [1.165, 1.54) is 18.2 Å². The average molecular weight is 325 g/mol. The van der Waals surface area contributed by atoms with Crippen LogP contribution in [0, 0.1) is 5.82 Å². The van der Waals surface area contributed by atoms with E-state index in [0.29, 0.717) is 26.2 Å². The molecule has 0 unspecified atom stereocenters. The number of hydrogen-bond acceptors (Lipinski definition) is 2. The van der Waals surface area contributed by atoms with E-state index < -0.39 is 23.6 Å². The predicted octanol–water partition coefficient (Wildman–Crippen LogP) is 3.40. The second kappa shape index (κ2) is 7.24. The largest absolute Gasteiger partial charge is 0.419 e. The molecule has 0 saturated carbocycles. The van der Waals surface area contributed by atoms with Gasteiger partial charge in [-0.05, 0) is 11.6 Å². The van der Waals surface area contributed by atoms with Crippen LogP contribution in [0.4, 0.5) is 17.6 Å². The number of nitrogens with zero attached hydrogens (tertiary/aromatic N) is 1. The molecule has 2 nitrogen and oxygen atoms in total. The van der Waals surface area contributed by atoms with Gasteiger partial charge in [0.05, 0.1) is 11.6 Å².